The Hall–Kier alpha value is -1.32. The number of aliphatic hydroxyl groups excluding tert-OH is 1. The lowest BCUT2D eigenvalue weighted by atomic mass is 10.1. The summed E-state index contributed by atoms with van der Waals surface area (Å²) in [4.78, 5) is 14.3. The van der Waals surface area contributed by atoms with Gasteiger partial charge in [-0.15, -0.1) is 0 Å². The van der Waals surface area contributed by atoms with E-state index in [0.29, 0.717) is 21.5 Å². The number of hydrogen-bond acceptors (Lipinski definition) is 2. The van der Waals surface area contributed by atoms with Gasteiger partial charge in [0.25, 0.3) is 0 Å². The van der Waals surface area contributed by atoms with Crippen LogP contribution in [0.3, 0.4) is 0 Å². The fraction of sp³-hybridized carbons (Fsp3) is 0.100. The number of nitrogens with one attached hydrogen (secondary N) is 1. The van der Waals surface area contributed by atoms with Gasteiger partial charge >= 0.3 is 0 Å². The Bertz CT molecular complexity index is 533. The molecule has 0 bridgehead atoms. The molecule has 14 heavy (non-hydrogen) atoms. The Balaban J connectivity index is 2.91. The van der Waals surface area contributed by atoms with E-state index >= 15 is 0 Å². The lowest BCUT2D eigenvalue weighted by Gasteiger charge is -2.03. The van der Waals surface area contributed by atoms with Crippen LogP contribution < -0.4 is 5.43 Å². The third kappa shape index (κ3) is 1.31. The average molecular weight is 210 g/mol. The van der Waals surface area contributed by atoms with E-state index < -0.39 is 0 Å². The molecule has 3 nitrogen and oxygen atoms in total. The summed E-state index contributed by atoms with van der Waals surface area (Å²) in [5.74, 6) is 0. The molecule has 4 heteroatoms. The molecule has 0 radical (unpaired) electrons. The Labute approximate surface area is 85.0 Å². The van der Waals surface area contributed by atoms with Crippen LogP contribution in [0.5, 0.6) is 0 Å². The van der Waals surface area contributed by atoms with Crippen molar-refractivity contribution in [1.29, 1.82) is 0 Å². The number of fused-ring (bicyclic) bond motifs is 1. The van der Waals surface area contributed by atoms with Crippen LogP contribution in [0.4, 0.5) is 0 Å². The van der Waals surface area contributed by atoms with Gasteiger partial charge in [0.1, 0.15) is 0 Å². The van der Waals surface area contributed by atoms with Crippen molar-refractivity contribution < 1.29 is 5.11 Å². The minimum absolute atomic E-state index is 0.0786. The first-order valence-corrected chi connectivity index (χ1v) is 4.51. The Morgan fingerprint density at radius 3 is 2.86 bits per heavy atom. The first kappa shape index (κ1) is 9.24. The summed E-state index contributed by atoms with van der Waals surface area (Å²) in [5, 5.41) is 9.91. The first-order chi connectivity index (χ1) is 6.74. The highest BCUT2D eigenvalue weighted by Crippen LogP contribution is 2.23. The fourth-order valence-electron chi connectivity index (χ4n) is 1.38. The van der Waals surface area contributed by atoms with Gasteiger partial charge in [0, 0.05) is 17.6 Å². The minimum Gasteiger partial charge on any atom is -0.392 e. The summed E-state index contributed by atoms with van der Waals surface area (Å²) >= 11 is 5.98. The topological polar surface area (TPSA) is 53.1 Å². The molecule has 72 valence electrons. The van der Waals surface area contributed by atoms with Crippen LogP contribution in [0.2, 0.25) is 5.02 Å². The summed E-state index contributed by atoms with van der Waals surface area (Å²) < 4.78 is 0. The molecule has 1 heterocycles. The zero-order valence-electron chi connectivity index (χ0n) is 7.25. The van der Waals surface area contributed by atoms with Crippen LogP contribution in [0.15, 0.2) is 29.2 Å². The van der Waals surface area contributed by atoms with Crippen LogP contribution >= 0.6 is 11.6 Å². The molecule has 0 fully saturated rings. The molecule has 0 aliphatic heterocycles. The van der Waals surface area contributed by atoms with E-state index in [4.69, 9.17) is 16.7 Å². The molecule has 0 aliphatic rings. The monoisotopic (exact) mass is 209 g/mol. The van der Waals surface area contributed by atoms with E-state index in [1.54, 1.807) is 12.1 Å². The zero-order valence-corrected chi connectivity index (χ0v) is 8.01. The van der Waals surface area contributed by atoms with Gasteiger partial charge in [0.2, 0.25) is 0 Å². The molecule has 2 rings (SSSR count). The lowest BCUT2D eigenvalue weighted by Crippen LogP contribution is -2.01. The van der Waals surface area contributed by atoms with Crippen molar-refractivity contribution >= 4 is 22.5 Å². The van der Waals surface area contributed by atoms with Crippen LogP contribution in [0, 0.1) is 0 Å². The maximum absolute atomic E-state index is 11.4. The van der Waals surface area contributed by atoms with Crippen molar-refractivity contribution in [2.45, 2.75) is 6.61 Å². The second-order valence-electron chi connectivity index (χ2n) is 2.96. The molecule has 0 aliphatic carbocycles. The number of aromatic amines is 1. The van der Waals surface area contributed by atoms with Crippen molar-refractivity contribution in [2.24, 2.45) is 0 Å². The molecule has 2 aromatic rings. The molecule has 0 amide bonds. The van der Waals surface area contributed by atoms with E-state index in [1.807, 2.05) is 0 Å². The summed E-state index contributed by atoms with van der Waals surface area (Å²) in [5.41, 5.74) is 1.11. The van der Waals surface area contributed by atoms with Gasteiger partial charge in [-0.2, -0.15) is 0 Å². The zero-order chi connectivity index (χ0) is 10.1. The van der Waals surface area contributed by atoms with Crippen molar-refractivity contribution in [3.05, 3.63) is 45.2 Å². The number of aromatic nitrogens is 1. The van der Waals surface area contributed by atoms with Crippen molar-refractivity contribution in [2.75, 3.05) is 0 Å². The standard InChI is InChI=1S/C10H8ClNO2/c11-9-6(5-13)1-2-7-8(14)3-4-12-10(7)9/h1-4,13H,5H2,(H,12,14). The number of hydrogen-bond donors (Lipinski definition) is 2. The molecule has 1 aromatic carbocycles. The van der Waals surface area contributed by atoms with Gasteiger partial charge in [-0.25, -0.2) is 0 Å². The van der Waals surface area contributed by atoms with E-state index in [9.17, 15) is 4.79 Å². The fourth-order valence-corrected chi connectivity index (χ4v) is 1.66. The van der Waals surface area contributed by atoms with E-state index in [-0.39, 0.29) is 12.0 Å². The van der Waals surface area contributed by atoms with Crippen LogP contribution in [-0.4, -0.2) is 10.1 Å². The van der Waals surface area contributed by atoms with Crippen molar-refractivity contribution in [1.82, 2.24) is 4.98 Å². The predicted molar refractivity (Wildman–Crippen MR) is 55.5 cm³/mol. The Morgan fingerprint density at radius 2 is 2.14 bits per heavy atom. The van der Waals surface area contributed by atoms with Crippen molar-refractivity contribution in [3.8, 4) is 0 Å². The lowest BCUT2D eigenvalue weighted by molar-refractivity contribution is 0.282. The van der Waals surface area contributed by atoms with Gasteiger partial charge in [0.15, 0.2) is 5.43 Å². The highest BCUT2D eigenvalue weighted by atomic mass is 35.5. The second kappa shape index (κ2) is 3.44. The number of H-pyrrole nitrogens is 1. The highest BCUT2D eigenvalue weighted by Gasteiger charge is 2.06. The van der Waals surface area contributed by atoms with Crippen LogP contribution in [0.25, 0.3) is 10.9 Å². The minimum atomic E-state index is -0.133. The van der Waals surface area contributed by atoms with E-state index in [0.717, 1.165) is 0 Å². The maximum Gasteiger partial charge on any atom is 0.189 e. The second-order valence-corrected chi connectivity index (χ2v) is 3.34. The van der Waals surface area contributed by atoms with E-state index in [2.05, 4.69) is 4.98 Å². The van der Waals surface area contributed by atoms with Crippen LogP contribution in [0.1, 0.15) is 5.56 Å². The van der Waals surface area contributed by atoms with Gasteiger partial charge in [-0.3, -0.25) is 4.79 Å². The molecule has 0 unspecified atom stereocenters. The summed E-state index contributed by atoms with van der Waals surface area (Å²) in [6, 6.07) is 4.75. The van der Waals surface area contributed by atoms with Gasteiger partial charge in [-0.1, -0.05) is 17.7 Å². The molecular weight excluding hydrogens is 202 g/mol. The van der Waals surface area contributed by atoms with Gasteiger partial charge < -0.3 is 10.1 Å². The molecule has 0 atom stereocenters. The third-order valence-electron chi connectivity index (χ3n) is 2.12. The van der Waals surface area contributed by atoms with Gasteiger partial charge in [0.05, 0.1) is 17.1 Å². The summed E-state index contributed by atoms with van der Waals surface area (Å²) in [6.45, 7) is -0.133. The maximum atomic E-state index is 11.4. The van der Waals surface area contributed by atoms with Crippen LogP contribution in [-0.2, 0) is 6.61 Å². The van der Waals surface area contributed by atoms with E-state index in [1.165, 1.54) is 12.3 Å². The molecule has 0 saturated heterocycles. The highest BCUT2D eigenvalue weighted by molar-refractivity contribution is 6.35. The Kier molecular flexibility index (Phi) is 2.27. The smallest absolute Gasteiger partial charge is 0.189 e. The molecule has 0 spiro atoms. The predicted octanol–water partition coefficient (Wildman–Crippen LogP) is 1.67. The number of aliphatic hydroxyl groups is 1. The number of halogens is 1. The molecule has 2 N–H and O–H groups in total. The average Bonchev–Trinajstić information content (AvgIpc) is 2.20. The number of pyridine rings is 1. The largest absolute Gasteiger partial charge is 0.392 e. The summed E-state index contributed by atoms with van der Waals surface area (Å²) in [6.07, 6.45) is 1.54. The van der Waals surface area contributed by atoms with Crippen molar-refractivity contribution in [3.63, 3.8) is 0 Å². The number of benzene rings is 1. The van der Waals surface area contributed by atoms with Gasteiger partial charge in [-0.05, 0) is 11.6 Å². The normalized spacial score (nSPS) is 10.7. The molecular formula is C10H8ClNO2. The SMILES string of the molecule is O=c1cc[nH]c2c(Cl)c(CO)ccc12. The summed E-state index contributed by atoms with van der Waals surface area (Å²) in [7, 11) is 0. The number of rotatable bonds is 1. The molecule has 0 saturated carbocycles. The first-order valence-electron chi connectivity index (χ1n) is 4.13. The quantitative estimate of drug-likeness (QED) is 0.751. The third-order valence-corrected chi connectivity index (χ3v) is 2.55. The molecule has 1 aromatic heterocycles. The Morgan fingerprint density at radius 1 is 1.36 bits per heavy atom.